The van der Waals surface area contributed by atoms with Gasteiger partial charge in [0.05, 0.1) is 10.6 Å². The lowest BCUT2D eigenvalue weighted by molar-refractivity contribution is 0.100. The molecule has 0 spiro atoms. The lowest BCUT2D eigenvalue weighted by Crippen LogP contribution is -2.35. The highest BCUT2D eigenvalue weighted by atomic mass is 32.2. The standard InChI is InChI=1S/C29H34N4O3S/c1-31(2)25-15-11-22(12-16-25)28(23-13-17-26(18-14-23)32(3)4)30-29(34)24-9-8-10-27(21-24)37(35,36)33-19-6-5-7-20-33/h8-18,21H,5-7,19-20H2,1-4H3. The van der Waals surface area contributed by atoms with Gasteiger partial charge in [0.1, 0.15) is 0 Å². The number of rotatable bonds is 7. The second-order valence-corrected chi connectivity index (χ2v) is 11.6. The Morgan fingerprint density at radius 1 is 0.730 bits per heavy atom. The molecule has 0 N–H and O–H groups in total. The Hall–Kier alpha value is -3.49. The van der Waals surface area contributed by atoms with E-state index in [-0.39, 0.29) is 10.5 Å². The molecule has 1 aliphatic rings. The number of carbonyl (C=O) groups is 1. The number of hydrogen-bond donors (Lipinski definition) is 0. The summed E-state index contributed by atoms with van der Waals surface area (Å²) in [4.78, 5) is 22.0. The third kappa shape index (κ3) is 6.09. The molecule has 0 saturated carbocycles. The molecule has 194 valence electrons. The molecular weight excluding hydrogens is 484 g/mol. The van der Waals surface area contributed by atoms with Crippen molar-refractivity contribution in [2.45, 2.75) is 24.2 Å². The van der Waals surface area contributed by atoms with Gasteiger partial charge in [0, 0.05) is 69.3 Å². The van der Waals surface area contributed by atoms with Gasteiger partial charge in [0.2, 0.25) is 10.0 Å². The normalized spacial score (nSPS) is 14.2. The number of carbonyl (C=O) groups excluding carboxylic acids is 1. The number of nitrogens with zero attached hydrogens (tertiary/aromatic N) is 4. The fourth-order valence-electron chi connectivity index (χ4n) is 4.34. The third-order valence-electron chi connectivity index (χ3n) is 6.56. The first-order valence-corrected chi connectivity index (χ1v) is 13.9. The van der Waals surface area contributed by atoms with E-state index in [0.717, 1.165) is 41.8 Å². The second kappa shape index (κ2) is 11.3. The summed E-state index contributed by atoms with van der Waals surface area (Å²) >= 11 is 0. The molecule has 0 bridgehead atoms. The van der Waals surface area contributed by atoms with Gasteiger partial charge in [-0.1, -0.05) is 36.8 Å². The first kappa shape index (κ1) is 26.6. The fourth-order valence-corrected chi connectivity index (χ4v) is 5.90. The van der Waals surface area contributed by atoms with Crippen molar-refractivity contribution in [2.75, 3.05) is 51.1 Å². The Kier molecular flexibility index (Phi) is 8.10. The molecule has 1 aliphatic heterocycles. The summed E-state index contributed by atoms with van der Waals surface area (Å²) in [5.74, 6) is -0.487. The van der Waals surface area contributed by atoms with Crippen LogP contribution < -0.4 is 9.80 Å². The maximum absolute atomic E-state index is 13.4. The van der Waals surface area contributed by atoms with E-state index < -0.39 is 15.9 Å². The third-order valence-corrected chi connectivity index (χ3v) is 8.46. The van der Waals surface area contributed by atoms with Gasteiger partial charge in [-0.3, -0.25) is 4.79 Å². The average molecular weight is 519 g/mol. The van der Waals surface area contributed by atoms with Crippen molar-refractivity contribution in [3.63, 3.8) is 0 Å². The van der Waals surface area contributed by atoms with E-state index in [1.165, 1.54) is 10.4 Å². The SMILES string of the molecule is CN(C)c1ccc(C(=NC(=O)c2cccc(S(=O)(=O)N3CCCCC3)c2)c2ccc(N(C)C)cc2)cc1. The first-order valence-electron chi connectivity index (χ1n) is 12.5. The second-order valence-electron chi connectivity index (χ2n) is 9.64. The van der Waals surface area contributed by atoms with Gasteiger partial charge in [0.25, 0.3) is 5.91 Å². The Morgan fingerprint density at radius 3 is 1.73 bits per heavy atom. The predicted molar refractivity (Wildman–Crippen MR) is 151 cm³/mol. The number of hydrogen-bond acceptors (Lipinski definition) is 5. The van der Waals surface area contributed by atoms with Crippen molar-refractivity contribution in [3.8, 4) is 0 Å². The molecule has 1 saturated heterocycles. The lowest BCUT2D eigenvalue weighted by Gasteiger charge is -2.25. The number of piperidine rings is 1. The highest BCUT2D eigenvalue weighted by molar-refractivity contribution is 7.89. The van der Waals surface area contributed by atoms with Crippen LogP contribution in [0.2, 0.25) is 0 Å². The molecule has 3 aromatic rings. The molecule has 3 aromatic carbocycles. The van der Waals surface area contributed by atoms with Gasteiger partial charge in [-0.15, -0.1) is 0 Å². The van der Waals surface area contributed by atoms with Crippen LogP contribution >= 0.6 is 0 Å². The highest BCUT2D eigenvalue weighted by Crippen LogP contribution is 2.23. The van der Waals surface area contributed by atoms with Crippen molar-refractivity contribution in [3.05, 3.63) is 89.5 Å². The van der Waals surface area contributed by atoms with Crippen LogP contribution in [-0.4, -0.2) is 65.6 Å². The van der Waals surface area contributed by atoms with Gasteiger partial charge in [0.15, 0.2) is 0 Å². The van der Waals surface area contributed by atoms with Crippen molar-refractivity contribution in [1.29, 1.82) is 0 Å². The topological polar surface area (TPSA) is 73.3 Å². The molecule has 1 heterocycles. The zero-order chi connectivity index (χ0) is 26.6. The molecule has 1 fully saturated rings. The van der Waals surface area contributed by atoms with Gasteiger partial charge in [-0.25, -0.2) is 13.4 Å². The summed E-state index contributed by atoms with van der Waals surface area (Å²) < 4.78 is 27.9. The van der Waals surface area contributed by atoms with E-state index in [4.69, 9.17) is 0 Å². The quantitative estimate of drug-likeness (QED) is 0.425. The van der Waals surface area contributed by atoms with Gasteiger partial charge < -0.3 is 9.80 Å². The van der Waals surface area contributed by atoms with E-state index in [0.29, 0.717) is 18.8 Å². The number of benzene rings is 3. The molecule has 0 aromatic heterocycles. The monoisotopic (exact) mass is 518 g/mol. The first-order chi connectivity index (χ1) is 17.7. The van der Waals surface area contributed by atoms with Gasteiger partial charge in [-0.05, 0) is 55.3 Å². The van der Waals surface area contributed by atoms with Crippen molar-refractivity contribution in [2.24, 2.45) is 4.99 Å². The molecular formula is C29H34N4O3S. The van der Waals surface area contributed by atoms with Crippen molar-refractivity contribution >= 4 is 33.0 Å². The Labute approximate surface area is 220 Å². The summed E-state index contributed by atoms with van der Waals surface area (Å²) in [5.41, 5.74) is 4.44. The molecule has 4 rings (SSSR count). The maximum Gasteiger partial charge on any atom is 0.277 e. The zero-order valence-corrected chi connectivity index (χ0v) is 22.7. The zero-order valence-electron chi connectivity index (χ0n) is 21.9. The molecule has 0 radical (unpaired) electrons. The molecule has 0 atom stereocenters. The molecule has 0 aliphatic carbocycles. The number of amides is 1. The summed E-state index contributed by atoms with van der Waals surface area (Å²) in [7, 11) is 4.23. The highest BCUT2D eigenvalue weighted by Gasteiger charge is 2.26. The molecule has 7 nitrogen and oxygen atoms in total. The fraction of sp³-hybridized carbons (Fsp3) is 0.310. The Bertz CT molecular complexity index is 1320. The van der Waals surface area contributed by atoms with Crippen molar-refractivity contribution < 1.29 is 13.2 Å². The number of sulfonamides is 1. The van der Waals surface area contributed by atoms with E-state index in [9.17, 15) is 13.2 Å². The van der Waals surface area contributed by atoms with Gasteiger partial charge in [-0.2, -0.15) is 4.31 Å². The Balaban J connectivity index is 1.72. The predicted octanol–water partition coefficient (Wildman–Crippen LogP) is 4.67. The van der Waals surface area contributed by atoms with E-state index >= 15 is 0 Å². The van der Waals surface area contributed by atoms with E-state index in [1.807, 2.05) is 86.5 Å². The minimum Gasteiger partial charge on any atom is -0.378 e. The van der Waals surface area contributed by atoms with Crippen molar-refractivity contribution in [1.82, 2.24) is 4.31 Å². The van der Waals surface area contributed by atoms with Crippen LogP contribution in [0.15, 0.2) is 82.7 Å². The van der Waals surface area contributed by atoms with Crippen LogP contribution in [0.5, 0.6) is 0 Å². The lowest BCUT2D eigenvalue weighted by atomic mass is 10.0. The molecule has 1 amide bonds. The van der Waals surface area contributed by atoms with Crippen LogP contribution in [0.1, 0.15) is 40.7 Å². The number of anilines is 2. The smallest absolute Gasteiger partial charge is 0.277 e. The minimum atomic E-state index is -3.65. The van der Waals surface area contributed by atoms with Crippen LogP contribution in [-0.2, 0) is 10.0 Å². The molecule has 37 heavy (non-hydrogen) atoms. The summed E-state index contributed by atoms with van der Waals surface area (Å²) in [6.45, 7) is 1.02. The molecule has 0 unspecified atom stereocenters. The van der Waals surface area contributed by atoms with E-state index in [2.05, 4.69) is 4.99 Å². The van der Waals surface area contributed by atoms with Crippen LogP contribution in [0.3, 0.4) is 0 Å². The van der Waals surface area contributed by atoms with Gasteiger partial charge >= 0.3 is 0 Å². The average Bonchev–Trinajstić information content (AvgIpc) is 2.92. The van der Waals surface area contributed by atoms with Crippen LogP contribution in [0.4, 0.5) is 11.4 Å². The summed E-state index contributed by atoms with van der Waals surface area (Å²) in [6, 6.07) is 21.9. The molecule has 8 heteroatoms. The van der Waals surface area contributed by atoms with E-state index in [1.54, 1.807) is 18.2 Å². The Morgan fingerprint density at radius 2 is 1.24 bits per heavy atom. The summed E-state index contributed by atoms with van der Waals surface area (Å²) in [5, 5.41) is 0. The largest absolute Gasteiger partial charge is 0.378 e. The number of aliphatic imine (C=N–C) groups is 1. The van der Waals surface area contributed by atoms with Crippen LogP contribution in [0, 0.1) is 0 Å². The maximum atomic E-state index is 13.4. The minimum absolute atomic E-state index is 0.127. The van der Waals surface area contributed by atoms with Crippen LogP contribution in [0.25, 0.3) is 0 Å². The summed E-state index contributed by atoms with van der Waals surface area (Å²) in [6.07, 6.45) is 2.74.